The Labute approximate surface area is 102 Å². The topological polar surface area (TPSA) is 52.7 Å². The Balaban J connectivity index is 2.44. The average molecular weight is 239 g/mol. The van der Waals surface area contributed by atoms with Crippen LogP contribution in [-0.2, 0) is 9.59 Å². The first-order valence-electron chi connectivity index (χ1n) is 5.89. The van der Waals surface area contributed by atoms with Crippen LogP contribution in [0, 0.1) is 0 Å². The van der Waals surface area contributed by atoms with E-state index in [4.69, 9.17) is 0 Å². The van der Waals surface area contributed by atoms with Gasteiger partial charge in [-0.15, -0.1) is 0 Å². The third kappa shape index (κ3) is 4.56. The fourth-order valence-electron chi connectivity index (χ4n) is 1.65. The second-order valence-electron chi connectivity index (χ2n) is 4.55. The van der Waals surface area contributed by atoms with Crippen molar-refractivity contribution in [3.8, 4) is 0 Å². The van der Waals surface area contributed by atoms with Crippen molar-refractivity contribution in [1.82, 2.24) is 15.1 Å². The van der Waals surface area contributed by atoms with Gasteiger partial charge in [0.15, 0.2) is 0 Å². The molecule has 1 saturated heterocycles. The first-order valence-corrected chi connectivity index (χ1v) is 5.89. The number of allylic oxidation sites excluding steroid dienone is 1. The maximum Gasteiger partial charge on any atom is 0.246 e. The minimum atomic E-state index is -0.117. The molecule has 0 radical (unpaired) electrons. The minimum Gasteiger partial charge on any atom is -0.339 e. The molecule has 0 aromatic carbocycles. The van der Waals surface area contributed by atoms with E-state index in [1.54, 1.807) is 18.0 Å². The van der Waals surface area contributed by atoms with Gasteiger partial charge >= 0.3 is 0 Å². The van der Waals surface area contributed by atoms with Crippen LogP contribution in [0.4, 0.5) is 0 Å². The molecule has 1 rings (SSSR count). The molecule has 1 N–H and O–H groups in total. The quantitative estimate of drug-likeness (QED) is 0.696. The van der Waals surface area contributed by atoms with Crippen LogP contribution in [-0.4, -0.2) is 61.4 Å². The fourth-order valence-corrected chi connectivity index (χ4v) is 1.65. The van der Waals surface area contributed by atoms with Crippen LogP contribution in [0.25, 0.3) is 0 Å². The normalized spacial score (nSPS) is 15.4. The highest BCUT2D eigenvalue weighted by Gasteiger charge is 2.18. The summed E-state index contributed by atoms with van der Waals surface area (Å²) in [4.78, 5) is 26.8. The van der Waals surface area contributed by atoms with Gasteiger partial charge in [-0.25, -0.2) is 0 Å². The summed E-state index contributed by atoms with van der Waals surface area (Å²) in [6.45, 7) is 7.00. The van der Waals surface area contributed by atoms with Crippen LogP contribution in [0.2, 0.25) is 0 Å². The van der Waals surface area contributed by atoms with Gasteiger partial charge in [-0.05, 0) is 13.8 Å². The molecule has 5 nitrogen and oxygen atoms in total. The number of hydrogen-bond donors (Lipinski definition) is 1. The molecule has 0 spiro atoms. The van der Waals surface area contributed by atoms with Crippen LogP contribution in [0.15, 0.2) is 11.6 Å². The van der Waals surface area contributed by atoms with Gasteiger partial charge in [0.05, 0.1) is 6.54 Å². The summed E-state index contributed by atoms with van der Waals surface area (Å²) in [6, 6.07) is 0. The Kier molecular flexibility index (Phi) is 5.15. The Morgan fingerprint density at radius 1 is 1.29 bits per heavy atom. The number of carbonyl (C=O) groups is 2. The highest BCUT2D eigenvalue weighted by Crippen LogP contribution is 1.98. The minimum absolute atomic E-state index is 0.0181. The van der Waals surface area contributed by atoms with E-state index in [9.17, 15) is 9.59 Å². The summed E-state index contributed by atoms with van der Waals surface area (Å²) < 4.78 is 0. The summed E-state index contributed by atoms with van der Waals surface area (Å²) in [7, 11) is 1.65. The second-order valence-corrected chi connectivity index (χ2v) is 4.55. The highest BCUT2D eigenvalue weighted by atomic mass is 16.2. The molecule has 0 bridgehead atoms. The Hall–Kier alpha value is -1.36. The number of hydrogen-bond acceptors (Lipinski definition) is 3. The Morgan fingerprint density at radius 3 is 2.41 bits per heavy atom. The average Bonchev–Trinajstić information content (AvgIpc) is 2.29. The number of nitrogens with one attached hydrogen (secondary N) is 1. The number of piperazine rings is 1. The summed E-state index contributed by atoms with van der Waals surface area (Å²) in [5.74, 6) is -0.0991. The number of amides is 2. The molecular formula is C12H21N3O2. The molecule has 1 fully saturated rings. The third-order valence-electron chi connectivity index (χ3n) is 2.63. The van der Waals surface area contributed by atoms with Gasteiger partial charge < -0.3 is 15.1 Å². The smallest absolute Gasteiger partial charge is 0.246 e. The number of rotatable bonds is 3. The monoisotopic (exact) mass is 239 g/mol. The molecule has 96 valence electrons. The van der Waals surface area contributed by atoms with Gasteiger partial charge in [0.1, 0.15) is 0 Å². The number of carbonyl (C=O) groups excluding carboxylic acids is 2. The molecule has 5 heteroatoms. The lowest BCUT2D eigenvalue weighted by Crippen LogP contribution is -2.49. The fraction of sp³-hybridized carbons (Fsp3) is 0.667. The lowest BCUT2D eigenvalue weighted by Gasteiger charge is -2.29. The van der Waals surface area contributed by atoms with Crippen LogP contribution in [0.5, 0.6) is 0 Å². The van der Waals surface area contributed by atoms with Crippen LogP contribution in [0.3, 0.4) is 0 Å². The van der Waals surface area contributed by atoms with E-state index < -0.39 is 0 Å². The van der Waals surface area contributed by atoms with Gasteiger partial charge in [-0.3, -0.25) is 9.59 Å². The van der Waals surface area contributed by atoms with E-state index in [0.717, 1.165) is 31.8 Å². The zero-order chi connectivity index (χ0) is 12.8. The predicted molar refractivity (Wildman–Crippen MR) is 66.5 cm³/mol. The van der Waals surface area contributed by atoms with Crippen LogP contribution in [0.1, 0.15) is 13.8 Å². The van der Waals surface area contributed by atoms with Crippen molar-refractivity contribution in [2.24, 2.45) is 0 Å². The molecule has 1 aliphatic rings. The molecule has 0 aromatic heterocycles. The van der Waals surface area contributed by atoms with Gasteiger partial charge in [0.2, 0.25) is 11.8 Å². The molecule has 0 atom stereocenters. The van der Waals surface area contributed by atoms with E-state index in [1.165, 1.54) is 4.90 Å². The molecular weight excluding hydrogens is 218 g/mol. The summed E-state index contributed by atoms with van der Waals surface area (Å²) >= 11 is 0. The van der Waals surface area contributed by atoms with Crippen molar-refractivity contribution in [3.63, 3.8) is 0 Å². The van der Waals surface area contributed by atoms with Crippen LogP contribution >= 0.6 is 0 Å². The van der Waals surface area contributed by atoms with Crippen molar-refractivity contribution in [2.75, 3.05) is 39.8 Å². The molecule has 0 aliphatic carbocycles. The van der Waals surface area contributed by atoms with E-state index in [1.807, 2.05) is 13.8 Å². The molecule has 17 heavy (non-hydrogen) atoms. The molecule has 0 saturated carbocycles. The van der Waals surface area contributed by atoms with Gasteiger partial charge in [0.25, 0.3) is 0 Å². The van der Waals surface area contributed by atoms with Crippen molar-refractivity contribution in [3.05, 3.63) is 11.6 Å². The summed E-state index contributed by atoms with van der Waals surface area (Å²) in [6.07, 6.45) is 1.55. The van der Waals surface area contributed by atoms with Crippen molar-refractivity contribution in [2.45, 2.75) is 13.8 Å². The molecule has 2 amide bonds. The van der Waals surface area contributed by atoms with Gasteiger partial charge in [-0.2, -0.15) is 0 Å². The predicted octanol–water partition coefficient (Wildman–Crippen LogP) is -0.157. The molecule has 0 unspecified atom stereocenters. The largest absolute Gasteiger partial charge is 0.339 e. The van der Waals surface area contributed by atoms with Crippen molar-refractivity contribution >= 4 is 11.8 Å². The SMILES string of the molecule is CC(C)=CC(=O)N(C)CC(=O)N1CCNCC1. The Morgan fingerprint density at radius 2 is 1.88 bits per heavy atom. The van der Waals surface area contributed by atoms with Crippen molar-refractivity contribution < 1.29 is 9.59 Å². The lowest BCUT2D eigenvalue weighted by atomic mass is 10.3. The Bertz CT molecular complexity index is 316. The van der Waals surface area contributed by atoms with E-state index >= 15 is 0 Å². The van der Waals surface area contributed by atoms with Crippen LogP contribution < -0.4 is 5.32 Å². The molecule has 0 aromatic rings. The number of nitrogens with zero attached hydrogens (tertiary/aromatic N) is 2. The van der Waals surface area contributed by atoms with E-state index in [0.29, 0.717) is 0 Å². The van der Waals surface area contributed by atoms with E-state index in [-0.39, 0.29) is 18.4 Å². The van der Waals surface area contributed by atoms with Gasteiger partial charge in [-0.1, -0.05) is 5.57 Å². The maximum absolute atomic E-state index is 11.9. The third-order valence-corrected chi connectivity index (χ3v) is 2.63. The standard InChI is InChI=1S/C12H21N3O2/c1-10(2)8-11(16)14(3)9-12(17)15-6-4-13-5-7-15/h8,13H,4-7,9H2,1-3H3. The summed E-state index contributed by atoms with van der Waals surface area (Å²) in [5.41, 5.74) is 0.941. The van der Waals surface area contributed by atoms with Gasteiger partial charge in [0, 0.05) is 39.3 Å². The highest BCUT2D eigenvalue weighted by molar-refractivity contribution is 5.91. The maximum atomic E-state index is 11.9. The van der Waals surface area contributed by atoms with Crippen molar-refractivity contribution in [1.29, 1.82) is 0 Å². The zero-order valence-electron chi connectivity index (χ0n) is 10.8. The van der Waals surface area contributed by atoms with E-state index in [2.05, 4.69) is 5.32 Å². The number of likely N-dealkylation sites (N-methyl/N-ethyl adjacent to an activating group) is 1. The second kappa shape index (κ2) is 6.39. The zero-order valence-corrected chi connectivity index (χ0v) is 10.8. The first-order chi connectivity index (χ1) is 8.00. The lowest BCUT2D eigenvalue weighted by molar-refractivity contribution is -0.137. The summed E-state index contributed by atoms with van der Waals surface area (Å²) in [5, 5.41) is 3.19. The molecule has 1 aliphatic heterocycles. The first kappa shape index (κ1) is 13.7. The molecule has 1 heterocycles.